The van der Waals surface area contributed by atoms with Crippen molar-refractivity contribution in [2.24, 2.45) is 0 Å². The highest BCUT2D eigenvalue weighted by molar-refractivity contribution is 5.89. The fourth-order valence-corrected chi connectivity index (χ4v) is 2.00. The van der Waals surface area contributed by atoms with E-state index in [1.807, 2.05) is 6.07 Å². The number of aliphatic hydroxyl groups excluding tert-OH is 1. The van der Waals surface area contributed by atoms with Gasteiger partial charge < -0.3 is 9.84 Å². The number of nitriles is 1. The molecule has 2 N–H and O–H groups in total. The molecule has 21 heavy (non-hydrogen) atoms. The number of benzene rings is 1. The average molecular weight is 287 g/mol. The van der Waals surface area contributed by atoms with Gasteiger partial charge in [0.2, 0.25) is 0 Å². The molecule has 0 amide bonds. The third kappa shape index (κ3) is 2.70. The van der Waals surface area contributed by atoms with Gasteiger partial charge in [0.1, 0.15) is 0 Å². The molecule has 0 saturated heterocycles. The van der Waals surface area contributed by atoms with E-state index >= 15 is 0 Å². The van der Waals surface area contributed by atoms with Crippen molar-refractivity contribution in [3.8, 4) is 11.8 Å². The molecule has 1 aromatic heterocycles. The van der Waals surface area contributed by atoms with E-state index in [2.05, 4.69) is 5.10 Å². The van der Waals surface area contributed by atoms with E-state index in [1.165, 1.54) is 11.8 Å². The Morgan fingerprint density at radius 3 is 2.62 bits per heavy atom. The Bertz CT molecular complexity index is 750. The summed E-state index contributed by atoms with van der Waals surface area (Å²) in [6.45, 7) is -0.259. The molecule has 7 nitrogen and oxygen atoms in total. The molecule has 0 saturated carbocycles. The van der Waals surface area contributed by atoms with Crippen LogP contribution in [0.15, 0.2) is 29.1 Å². The molecule has 0 bridgehead atoms. The number of ether oxygens (including phenoxy) is 1. The first kappa shape index (κ1) is 14.6. The number of esters is 1. The molecule has 0 fully saturated rings. The van der Waals surface area contributed by atoms with Crippen LogP contribution < -0.4 is 5.56 Å². The summed E-state index contributed by atoms with van der Waals surface area (Å²) in [5, 5.41) is 20.3. The van der Waals surface area contributed by atoms with Gasteiger partial charge in [-0.1, -0.05) is 0 Å². The maximum absolute atomic E-state index is 11.9. The average Bonchev–Trinajstić information content (AvgIpc) is 2.84. The van der Waals surface area contributed by atoms with Gasteiger partial charge in [-0.15, -0.1) is 0 Å². The highest BCUT2D eigenvalue weighted by Gasteiger charge is 2.22. The monoisotopic (exact) mass is 287 g/mol. The number of hydrogen-bond acceptors (Lipinski definition) is 5. The van der Waals surface area contributed by atoms with Gasteiger partial charge in [0.05, 0.1) is 30.0 Å². The highest BCUT2D eigenvalue weighted by Crippen LogP contribution is 2.14. The van der Waals surface area contributed by atoms with Crippen LogP contribution in [0.5, 0.6) is 0 Å². The number of nitrogens with zero attached hydrogens (tertiary/aromatic N) is 2. The number of aliphatic hydroxyl groups is 1. The van der Waals surface area contributed by atoms with E-state index in [9.17, 15) is 9.59 Å². The second-order valence-corrected chi connectivity index (χ2v) is 4.23. The van der Waals surface area contributed by atoms with Crippen molar-refractivity contribution in [3.05, 3.63) is 51.4 Å². The lowest BCUT2D eigenvalue weighted by Crippen LogP contribution is -2.13. The standard InChI is InChI=1S/C14H13N3O4/c1-21-14(20)12-11(6-7-18)13(19)16-17(12)10-4-2-9(8-15)3-5-10/h2-5,18H,6-7H2,1H3,(H,16,19). The third-order valence-electron chi connectivity index (χ3n) is 2.99. The summed E-state index contributed by atoms with van der Waals surface area (Å²) in [7, 11) is 1.21. The van der Waals surface area contributed by atoms with Gasteiger partial charge in [-0.2, -0.15) is 5.26 Å². The van der Waals surface area contributed by atoms with Gasteiger partial charge in [0, 0.05) is 13.0 Å². The minimum atomic E-state index is -0.679. The lowest BCUT2D eigenvalue weighted by atomic mass is 10.1. The van der Waals surface area contributed by atoms with E-state index in [0.29, 0.717) is 11.3 Å². The molecular formula is C14H13N3O4. The second-order valence-electron chi connectivity index (χ2n) is 4.23. The van der Waals surface area contributed by atoms with Crippen LogP contribution in [0, 0.1) is 11.3 Å². The molecule has 2 aromatic rings. The molecule has 0 radical (unpaired) electrons. The number of hydrogen-bond donors (Lipinski definition) is 2. The van der Waals surface area contributed by atoms with Gasteiger partial charge in [-0.05, 0) is 24.3 Å². The number of aromatic amines is 1. The van der Waals surface area contributed by atoms with E-state index in [-0.39, 0.29) is 24.3 Å². The zero-order valence-electron chi connectivity index (χ0n) is 11.3. The Kier molecular flexibility index (Phi) is 4.21. The quantitative estimate of drug-likeness (QED) is 0.789. The summed E-state index contributed by atoms with van der Waals surface area (Å²) in [5.74, 6) is -0.679. The fourth-order valence-electron chi connectivity index (χ4n) is 2.00. The lowest BCUT2D eigenvalue weighted by Gasteiger charge is -2.08. The normalized spacial score (nSPS) is 10.1. The zero-order chi connectivity index (χ0) is 15.4. The van der Waals surface area contributed by atoms with Crippen LogP contribution in [0.1, 0.15) is 21.6 Å². The second kappa shape index (κ2) is 6.07. The number of nitrogens with one attached hydrogen (secondary N) is 1. The van der Waals surface area contributed by atoms with E-state index in [1.54, 1.807) is 24.3 Å². The number of methoxy groups -OCH3 is 1. The number of carbonyl (C=O) groups is 1. The first-order valence-electron chi connectivity index (χ1n) is 6.16. The predicted molar refractivity (Wildman–Crippen MR) is 73.2 cm³/mol. The molecule has 0 unspecified atom stereocenters. The Morgan fingerprint density at radius 1 is 1.43 bits per heavy atom. The summed E-state index contributed by atoms with van der Waals surface area (Å²) in [6.07, 6.45) is 0.0447. The SMILES string of the molecule is COC(=O)c1c(CCO)c(=O)[nH]n1-c1ccc(C#N)cc1. The topological polar surface area (TPSA) is 108 Å². The van der Waals surface area contributed by atoms with Crippen molar-refractivity contribution in [1.29, 1.82) is 5.26 Å². The van der Waals surface area contributed by atoms with Crippen LogP contribution >= 0.6 is 0 Å². The Balaban J connectivity index is 2.62. The van der Waals surface area contributed by atoms with Crippen molar-refractivity contribution >= 4 is 5.97 Å². The largest absolute Gasteiger partial charge is 0.464 e. The van der Waals surface area contributed by atoms with Crippen LogP contribution in [-0.4, -0.2) is 34.6 Å². The number of aromatic nitrogens is 2. The van der Waals surface area contributed by atoms with Crippen molar-refractivity contribution in [2.75, 3.05) is 13.7 Å². The van der Waals surface area contributed by atoms with Gasteiger partial charge in [-0.25, -0.2) is 9.48 Å². The highest BCUT2D eigenvalue weighted by atomic mass is 16.5. The van der Waals surface area contributed by atoms with Crippen LogP contribution in [0.4, 0.5) is 0 Å². The molecule has 108 valence electrons. The maximum atomic E-state index is 11.9. The molecule has 0 aliphatic carbocycles. The van der Waals surface area contributed by atoms with E-state index in [0.717, 1.165) is 0 Å². The van der Waals surface area contributed by atoms with Crippen LogP contribution in [0.3, 0.4) is 0 Å². The van der Waals surface area contributed by atoms with Crippen LogP contribution in [0.2, 0.25) is 0 Å². The smallest absolute Gasteiger partial charge is 0.357 e. The van der Waals surface area contributed by atoms with Gasteiger partial charge in [0.25, 0.3) is 5.56 Å². The molecule has 1 aromatic carbocycles. The number of carbonyl (C=O) groups excluding carboxylic acids is 1. The van der Waals surface area contributed by atoms with Gasteiger partial charge >= 0.3 is 5.97 Å². The summed E-state index contributed by atoms with van der Waals surface area (Å²) < 4.78 is 5.98. The molecule has 0 aliphatic heterocycles. The zero-order valence-corrected chi connectivity index (χ0v) is 11.3. The minimum Gasteiger partial charge on any atom is -0.464 e. The van der Waals surface area contributed by atoms with E-state index < -0.39 is 11.5 Å². The maximum Gasteiger partial charge on any atom is 0.357 e. The molecule has 0 atom stereocenters. The summed E-state index contributed by atoms with van der Waals surface area (Å²) in [4.78, 5) is 23.8. The van der Waals surface area contributed by atoms with Crippen molar-refractivity contribution < 1.29 is 14.6 Å². The molecule has 0 spiro atoms. The molecule has 2 rings (SSSR count). The number of rotatable bonds is 4. The van der Waals surface area contributed by atoms with Gasteiger partial charge in [-0.3, -0.25) is 9.89 Å². The Morgan fingerprint density at radius 2 is 2.10 bits per heavy atom. The third-order valence-corrected chi connectivity index (χ3v) is 2.99. The van der Waals surface area contributed by atoms with Crippen LogP contribution in [0.25, 0.3) is 5.69 Å². The van der Waals surface area contributed by atoms with Crippen molar-refractivity contribution in [3.63, 3.8) is 0 Å². The van der Waals surface area contributed by atoms with Gasteiger partial charge in [0.15, 0.2) is 5.69 Å². The summed E-state index contributed by atoms with van der Waals surface area (Å²) in [5.41, 5.74) is 0.711. The van der Waals surface area contributed by atoms with Crippen molar-refractivity contribution in [1.82, 2.24) is 9.78 Å². The molecule has 1 heterocycles. The first-order chi connectivity index (χ1) is 10.1. The Hall–Kier alpha value is -2.85. The Labute approximate surface area is 120 Å². The molecular weight excluding hydrogens is 274 g/mol. The van der Waals surface area contributed by atoms with Crippen molar-refractivity contribution in [2.45, 2.75) is 6.42 Å². The van der Waals surface area contributed by atoms with Crippen LogP contribution in [-0.2, 0) is 11.2 Å². The predicted octanol–water partition coefficient (Wildman–Crippen LogP) is 0.359. The summed E-state index contributed by atoms with van der Waals surface area (Å²) in [6, 6.07) is 8.33. The number of H-pyrrole nitrogens is 1. The fraction of sp³-hybridized carbons (Fsp3) is 0.214. The molecule has 7 heteroatoms. The summed E-state index contributed by atoms with van der Waals surface area (Å²) >= 11 is 0. The lowest BCUT2D eigenvalue weighted by molar-refractivity contribution is 0.0589. The first-order valence-corrected chi connectivity index (χ1v) is 6.16. The van der Waals surface area contributed by atoms with E-state index in [4.69, 9.17) is 15.1 Å². The minimum absolute atomic E-state index is 0.0428. The molecule has 0 aliphatic rings.